The lowest BCUT2D eigenvalue weighted by molar-refractivity contribution is -0.147. The molecule has 0 aliphatic heterocycles. The van der Waals surface area contributed by atoms with Gasteiger partial charge < -0.3 is 24.4 Å². The van der Waals surface area contributed by atoms with Crippen LogP contribution < -0.4 is 0 Å². The molecule has 1 unspecified atom stereocenters. The Morgan fingerprint density at radius 3 is 2.05 bits per heavy atom. The summed E-state index contributed by atoms with van der Waals surface area (Å²) in [5.74, 6) is -0.333. The molecule has 0 bridgehead atoms. The number of aliphatic hydroxyl groups is 2. The Hall–Kier alpha value is -0.690. The first-order valence-corrected chi connectivity index (χ1v) is 6.69. The lowest BCUT2D eigenvalue weighted by atomic mass is 10.3. The SMILES string of the molecule is CCCC(=O)OCC(O)CO.CCOC(C)OCC. The summed E-state index contributed by atoms with van der Waals surface area (Å²) in [6, 6.07) is 0. The molecule has 116 valence electrons. The van der Waals surface area contributed by atoms with Gasteiger partial charge in [-0.05, 0) is 27.2 Å². The lowest BCUT2D eigenvalue weighted by Crippen LogP contribution is -2.21. The molecule has 0 saturated carbocycles. The highest BCUT2D eigenvalue weighted by molar-refractivity contribution is 5.69. The third kappa shape index (κ3) is 17.3. The second kappa shape index (κ2) is 15.4. The van der Waals surface area contributed by atoms with Gasteiger partial charge in [-0.15, -0.1) is 0 Å². The van der Waals surface area contributed by atoms with E-state index in [9.17, 15) is 4.79 Å². The van der Waals surface area contributed by atoms with E-state index in [1.807, 2.05) is 27.7 Å². The third-order valence-corrected chi connectivity index (χ3v) is 1.90. The minimum absolute atomic E-state index is 0.0370. The molecule has 0 aliphatic rings. The number of aliphatic hydroxyl groups excluding tert-OH is 2. The average Bonchev–Trinajstić information content (AvgIpc) is 2.37. The molecule has 0 heterocycles. The van der Waals surface area contributed by atoms with Crippen LogP contribution in [0.15, 0.2) is 0 Å². The van der Waals surface area contributed by atoms with Crippen LogP contribution in [-0.2, 0) is 19.0 Å². The first-order valence-electron chi connectivity index (χ1n) is 6.69. The molecule has 0 aromatic rings. The van der Waals surface area contributed by atoms with E-state index in [2.05, 4.69) is 4.74 Å². The summed E-state index contributed by atoms with van der Waals surface area (Å²) < 4.78 is 14.7. The minimum atomic E-state index is -0.948. The van der Waals surface area contributed by atoms with Gasteiger partial charge in [0.05, 0.1) is 6.61 Å². The molecule has 2 N–H and O–H groups in total. The predicted molar refractivity (Wildman–Crippen MR) is 71.7 cm³/mol. The van der Waals surface area contributed by atoms with Crippen molar-refractivity contribution in [2.75, 3.05) is 26.4 Å². The van der Waals surface area contributed by atoms with Gasteiger partial charge in [-0.25, -0.2) is 0 Å². The molecule has 0 aromatic carbocycles. The molecule has 6 heteroatoms. The normalized spacial score (nSPS) is 11.7. The zero-order valence-electron chi connectivity index (χ0n) is 12.4. The Morgan fingerprint density at radius 2 is 1.68 bits per heavy atom. The van der Waals surface area contributed by atoms with Gasteiger partial charge in [0.15, 0.2) is 6.29 Å². The van der Waals surface area contributed by atoms with Crippen LogP contribution in [0.1, 0.15) is 40.5 Å². The van der Waals surface area contributed by atoms with Gasteiger partial charge in [-0.2, -0.15) is 0 Å². The number of carbonyl (C=O) groups is 1. The van der Waals surface area contributed by atoms with Crippen LogP contribution in [0.2, 0.25) is 0 Å². The molecule has 0 aliphatic carbocycles. The Kier molecular flexibility index (Phi) is 16.7. The third-order valence-electron chi connectivity index (χ3n) is 1.90. The van der Waals surface area contributed by atoms with E-state index in [0.717, 1.165) is 19.6 Å². The van der Waals surface area contributed by atoms with Crippen molar-refractivity contribution in [1.82, 2.24) is 0 Å². The van der Waals surface area contributed by atoms with E-state index >= 15 is 0 Å². The Balaban J connectivity index is 0. The Labute approximate surface area is 115 Å². The summed E-state index contributed by atoms with van der Waals surface area (Å²) in [6.45, 7) is 8.62. The molecule has 0 amide bonds. The molecule has 0 radical (unpaired) electrons. The monoisotopic (exact) mass is 280 g/mol. The summed E-state index contributed by atoms with van der Waals surface area (Å²) in [6.07, 6.45) is 0.104. The fourth-order valence-corrected chi connectivity index (χ4v) is 1.04. The van der Waals surface area contributed by atoms with Crippen LogP contribution in [0.5, 0.6) is 0 Å². The minimum Gasteiger partial charge on any atom is -0.463 e. The molecule has 0 aromatic heterocycles. The maximum atomic E-state index is 10.6. The molecular formula is C13H28O6. The van der Waals surface area contributed by atoms with Crippen molar-refractivity contribution < 1.29 is 29.2 Å². The topological polar surface area (TPSA) is 85.2 Å². The first kappa shape index (κ1) is 20.6. The van der Waals surface area contributed by atoms with Gasteiger partial charge in [0.25, 0.3) is 0 Å². The van der Waals surface area contributed by atoms with Crippen molar-refractivity contribution in [3.8, 4) is 0 Å². The number of hydrogen-bond acceptors (Lipinski definition) is 6. The van der Waals surface area contributed by atoms with Crippen molar-refractivity contribution in [2.45, 2.75) is 52.9 Å². The molecule has 1 atom stereocenters. The highest BCUT2D eigenvalue weighted by atomic mass is 16.7. The number of carbonyl (C=O) groups excluding carboxylic acids is 1. The highest BCUT2D eigenvalue weighted by Crippen LogP contribution is 1.92. The maximum Gasteiger partial charge on any atom is 0.305 e. The van der Waals surface area contributed by atoms with Crippen molar-refractivity contribution in [3.63, 3.8) is 0 Å². The second-order valence-electron chi connectivity index (χ2n) is 3.75. The van der Waals surface area contributed by atoms with E-state index < -0.39 is 6.10 Å². The standard InChI is InChI=1S/C7H14O4.C6H14O2/c1-2-3-7(10)11-5-6(9)4-8;1-4-7-6(3)8-5-2/h6,8-9H,2-5H2,1H3;6H,4-5H2,1-3H3. The van der Waals surface area contributed by atoms with Crippen LogP contribution in [0.25, 0.3) is 0 Å². The smallest absolute Gasteiger partial charge is 0.305 e. The summed E-state index contributed by atoms with van der Waals surface area (Å²) in [7, 11) is 0. The van der Waals surface area contributed by atoms with Crippen LogP contribution in [0, 0.1) is 0 Å². The number of esters is 1. The molecule has 0 rings (SSSR count). The first-order chi connectivity index (χ1) is 9.01. The Bertz CT molecular complexity index is 192. The highest BCUT2D eigenvalue weighted by Gasteiger charge is 2.05. The van der Waals surface area contributed by atoms with Gasteiger partial charge in [-0.1, -0.05) is 6.92 Å². The van der Waals surface area contributed by atoms with Crippen molar-refractivity contribution >= 4 is 5.97 Å². The maximum absolute atomic E-state index is 10.6. The van der Waals surface area contributed by atoms with E-state index in [-0.39, 0.29) is 25.5 Å². The van der Waals surface area contributed by atoms with Crippen LogP contribution in [-0.4, -0.2) is 55.0 Å². The van der Waals surface area contributed by atoms with Crippen molar-refractivity contribution in [3.05, 3.63) is 0 Å². The molecule has 0 spiro atoms. The van der Waals surface area contributed by atoms with Crippen molar-refractivity contribution in [2.24, 2.45) is 0 Å². The fraction of sp³-hybridized carbons (Fsp3) is 0.923. The Morgan fingerprint density at radius 1 is 1.16 bits per heavy atom. The lowest BCUT2D eigenvalue weighted by Gasteiger charge is -2.09. The fourth-order valence-electron chi connectivity index (χ4n) is 1.04. The summed E-state index contributed by atoms with van der Waals surface area (Å²) in [4.78, 5) is 10.6. The molecule has 0 fully saturated rings. The largest absolute Gasteiger partial charge is 0.463 e. The predicted octanol–water partition coefficient (Wildman–Crippen LogP) is 1.09. The molecule has 19 heavy (non-hydrogen) atoms. The summed E-state index contributed by atoms with van der Waals surface area (Å²) >= 11 is 0. The van der Waals surface area contributed by atoms with Crippen LogP contribution in [0.3, 0.4) is 0 Å². The van der Waals surface area contributed by atoms with Gasteiger partial charge in [-0.3, -0.25) is 4.79 Å². The molecular weight excluding hydrogens is 252 g/mol. The van der Waals surface area contributed by atoms with Gasteiger partial charge in [0, 0.05) is 19.6 Å². The zero-order valence-corrected chi connectivity index (χ0v) is 12.4. The van der Waals surface area contributed by atoms with E-state index in [1.54, 1.807) is 0 Å². The van der Waals surface area contributed by atoms with Crippen molar-refractivity contribution in [1.29, 1.82) is 0 Å². The van der Waals surface area contributed by atoms with E-state index in [1.165, 1.54) is 0 Å². The molecule has 6 nitrogen and oxygen atoms in total. The number of ether oxygens (including phenoxy) is 3. The second-order valence-corrected chi connectivity index (χ2v) is 3.75. The number of hydrogen-bond donors (Lipinski definition) is 2. The zero-order chi connectivity index (χ0) is 15.1. The number of rotatable bonds is 9. The van der Waals surface area contributed by atoms with E-state index in [4.69, 9.17) is 19.7 Å². The van der Waals surface area contributed by atoms with Gasteiger partial charge in [0.2, 0.25) is 0 Å². The summed E-state index contributed by atoms with van der Waals surface area (Å²) in [5, 5.41) is 17.1. The summed E-state index contributed by atoms with van der Waals surface area (Å²) in [5.41, 5.74) is 0. The van der Waals surface area contributed by atoms with Gasteiger partial charge in [0.1, 0.15) is 12.7 Å². The average molecular weight is 280 g/mol. The van der Waals surface area contributed by atoms with Crippen LogP contribution >= 0.6 is 0 Å². The van der Waals surface area contributed by atoms with Gasteiger partial charge >= 0.3 is 5.97 Å². The van der Waals surface area contributed by atoms with E-state index in [0.29, 0.717) is 6.42 Å². The molecule has 0 saturated heterocycles. The quantitative estimate of drug-likeness (QED) is 0.486. The van der Waals surface area contributed by atoms with Crippen LogP contribution in [0.4, 0.5) is 0 Å².